The number of nitrogens with zero attached hydrogens (tertiary/aromatic N) is 1. The second-order valence-electron chi connectivity index (χ2n) is 7.73. The Hall–Kier alpha value is -0.690. The molecule has 5 N–H and O–H groups in total. The van der Waals surface area contributed by atoms with E-state index in [4.69, 9.17) is 5.73 Å². The van der Waals surface area contributed by atoms with E-state index in [-0.39, 0.29) is 6.61 Å². The zero-order valence-corrected chi connectivity index (χ0v) is 16.6. The summed E-state index contributed by atoms with van der Waals surface area (Å²) < 4.78 is 0. The van der Waals surface area contributed by atoms with Crippen molar-refractivity contribution in [3.05, 3.63) is 0 Å². The largest absolute Gasteiger partial charge is 0.395 e. The van der Waals surface area contributed by atoms with E-state index in [1.54, 1.807) is 0 Å². The monoisotopic (exact) mass is 372 g/mol. The Kier molecular flexibility index (Phi) is 11.4. The topological polar surface area (TPSA) is 107 Å². The molecule has 1 aliphatic heterocycles. The van der Waals surface area contributed by atoms with Crippen LogP contribution in [0.4, 0.5) is 0 Å². The number of rotatable bonds is 14. The van der Waals surface area contributed by atoms with Gasteiger partial charge in [-0.15, -0.1) is 0 Å². The zero-order chi connectivity index (χ0) is 19.5. The molecule has 0 aromatic heterocycles. The van der Waals surface area contributed by atoms with Crippen LogP contribution in [-0.4, -0.2) is 63.6 Å². The van der Waals surface area contributed by atoms with Crippen LogP contribution in [-0.2, 0) is 4.79 Å². The molecule has 0 aromatic rings. The summed E-state index contributed by atoms with van der Waals surface area (Å²) in [6.07, 6.45) is 8.47. The first-order valence-electron chi connectivity index (χ1n) is 10.5. The highest BCUT2D eigenvalue weighted by Crippen LogP contribution is 2.33. The molecular weight excluding hydrogens is 332 g/mol. The van der Waals surface area contributed by atoms with Crippen molar-refractivity contribution in [2.75, 3.05) is 13.2 Å². The molecule has 26 heavy (non-hydrogen) atoms. The molecule has 5 unspecified atom stereocenters. The van der Waals surface area contributed by atoms with Gasteiger partial charge in [0.2, 0.25) is 5.91 Å². The smallest absolute Gasteiger partial charge is 0.222 e. The number of nitrogens with two attached hydrogens (primary N) is 1. The lowest BCUT2D eigenvalue weighted by Crippen LogP contribution is -2.49. The number of aliphatic hydroxyl groups excluding tert-OH is 3. The lowest BCUT2D eigenvalue weighted by atomic mass is 9.89. The van der Waals surface area contributed by atoms with Gasteiger partial charge >= 0.3 is 0 Å². The molecule has 0 spiro atoms. The van der Waals surface area contributed by atoms with Gasteiger partial charge in [0.15, 0.2) is 0 Å². The van der Waals surface area contributed by atoms with Gasteiger partial charge in [0.1, 0.15) is 0 Å². The summed E-state index contributed by atoms with van der Waals surface area (Å²) in [6.45, 7) is 4.68. The number of hydrogen-bond acceptors (Lipinski definition) is 5. The van der Waals surface area contributed by atoms with Gasteiger partial charge in [0.05, 0.1) is 36.8 Å². The Morgan fingerprint density at radius 3 is 2.08 bits per heavy atom. The van der Waals surface area contributed by atoms with Crippen LogP contribution >= 0.6 is 0 Å². The fourth-order valence-electron chi connectivity index (χ4n) is 4.20. The molecule has 0 aliphatic carbocycles. The molecule has 1 heterocycles. The Morgan fingerprint density at radius 1 is 0.962 bits per heavy atom. The zero-order valence-electron chi connectivity index (χ0n) is 16.6. The summed E-state index contributed by atoms with van der Waals surface area (Å²) in [5.74, 6) is -0.932. The van der Waals surface area contributed by atoms with Crippen LogP contribution in [0.1, 0.15) is 78.1 Å². The number of aliphatic hydroxyl groups is 3. The summed E-state index contributed by atoms with van der Waals surface area (Å²) in [5, 5.41) is 30.6. The summed E-state index contributed by atoms with van der Waals surface area (Å²) >= 11 is 0. The predicted octanol–water partition coefficient (Wildman–Crippen LogP) is 1.80. The van der Waals surface area contributed by atoms with Gasteiger partial charge < -0.3 is 21.1 Å². The van der Waals surface area contributed by atoms with E-state index in [0.29, 0.717) is 13.0 Å². The Morgan fingerprint density at radius 2 is 1.54 bits per heavy atom. The lowest BCUT2D eigenvalue weighted by Gasteiger charge is -2.33. The summed E-state index contributed by atoms with van der Waals surface area (Å²) in [6, 6.07) is -1.04. The molecule has 0 bridgehead atoms. The summed E-state index contributed by atoms with van der Waals surface area (Å²) in [4.78, 5) is 13.9. The number of hydrogen-bond donors (Lipinski definition) is 4. The number of likely N-dealkylation sites (tertiary alicyclic amines) is 1. The third kappa shape index (κ3) is 6.48. The van der Waals surface area contributed by atoms with E-state index >= 15 is 0 Å². The summed E-state index contributed by atoms with van der Waals surface area (Å²) in [7, 11) is 0. The van der Waals surface area contributed by atoms with E-state index in [9.17, 15) is 20.1 Å². The minimum atomic E-state index is -1.05. The van der Waals surface area contributed by atoms with Crippen LogP contribution in [0, 0.1) is 5.92 Å². The molecule has 154 valence electrons. The molecule has 0 radical (unpaired) electrons. The lowest BCUT2D eigenvalue weighted by molar-refractivity contribution is -0.125. The van der Waals surface area contributed by atoms with Gasteiger partial charge in [0, 0.05) is 0 Å². The minimum absolute atomic E-state index is 0.232. The van der Waals surface area contributed by atoms with Crippen LogP contribution < -0.4 is 5.73 Å². The number of amides is 1. The highest BCUT2D eigenvalue weighted by atomic mass is 16.3. The molecule has 1 amide bonds. The first-order chi connectivity index (χ1) is 12.5. The standard InChI is InChI=1S/C20H40N2O4/c1-3-5-7-8-9-10-11-13-22-16(14-23)18(24)19(25)17(22)15(20(21)26)12-6-4-2/h15-19,23-25H,3-14H2,1-2H3,(H2,21,26). The average molecular weight is 373 g/mol. The highest BCUT2D eigenvalue weighted by molar-refractivity contribution is 5.77. The van der Waals surface area contributed by atoms with Crippen molar-refractivity contribution in [3.8, 4) is 0 Å². The van der Waals surface area contributed by atoms with Crippen molar-refractivity contribution >= 4 is 5.91 Å². The second kappa shape index (κ2) is 12.7. The molecule has 6 heteroatoms. The minimum Gasteiger partial charge on any atom is -0.395 e. The fourth-order valence-corrected chi connectivity index (χ4v) is 4.20. The quantitative estimate of drug-likeness (QED) is 0.348. The molecule has 0 saturated carbocycles. The normalized spacial score (nSPS) is 27.7. The van der Waals surface area contributed by atoms with Crippen LogP contribution in [0.25, 0.3) is 0 Å². The van der Waals surface area contributed by atoms with E-state index < -0.39 is 36.1 Å². The molecule has 1 fully saturated rings. The van der Waals surface area contributed by atoms with Crippen LogP contribution in [0.15, 0.2) is 0 Å². The van der Waals surface area contributed by atoms with Gasteiger partial charge in [-0.2, -0.15) is 0 Å². The SMILES string of the molecule is CCCCCCCCCN1C(CO)C(O)C(O)C1C(CCCC)C(N)=O. The first kappa shape index (κ1) is 23.3. The highest BCUT2D eigenvalue weighted by Gasteiger charge is 2.50. The number of carbonyl (C=O) groups is 1. The van der Waals surface area contributed by atoms with Crippen molar-refractivity contribution < 1.29 is 20.1 Å². The van der Waals surface area contributed by atoms with Crippen LogP contribution in [0.3, 0.4) is 0 Å². The number of carbonyl (C=O) groups excluding carboxylic acids is 1. The fraction of sp³-hybridized carbons (Fsp3) is 0.950. The van der Waals surface area contributed by atoms with Crippen LogP contribution in [0.5, 0.6) is 0 Å². The van der Waals surface area contributed by atoms with Crippen molar-refractivity contribution in [2.45, 2.75) is 102 Å². The van der Waals surface area contributed by atoms with Crippen molar-refractivity contribution in [3.63, 3.8) is 0 Å². The van der Waals surface area contributed by atoms with E-state index in [1.807, 2.05) is 11.8 Å². The molecule has 5 atom stereocenters. The van der Waals surface area contributed by atoms with Gasteiger partial charge in [-0.25, -0.2) is 0 Å². The second-order valence-corrected chi connectivity index (χ2v) is 7.73. The van der Waals surface area contributed by atoms with E-state index in [2.05, 4.69) is 6.92 Å². The average Bonchev–Trinajstić information content (AvgIpc) is 2.85. The molecule has 0 aromatic carbocycles. The van der Waals surface area contributed by atoms with Gasteiger partial charge in [-0.05, 0) is 19.4 Å². The Balaban J connectivity index is 2.69. The molecule has 1 rings (SSSR count). The van der Waals surface area contributed by atoms with Crippen molar-refractivity contribution in [2.24, 2.45) is 11.7 Å². The number of primary amides is 1. The Labute approximate surface area is 158 Å². The van der Waals surface area contributed by atoms with E-state index in [0.717, 1.165) is 25.7 Å². The Bertz CT molecular complexity index is 394. The van der Waals surface area contributed by atoms with Gasteiger partial charge in [-0.3, -0.25) is 9.69 Å². The van der Waals surface area contributed by atoms with Gasteiger partial charge in [-0.1, -0.05) is 65.2 Å². The predicted molar refractivity (Wildman–Crippen MR) is 104 cm³/mol. The maximum Gasteiger partial charge on any atom is 0.222 e. The van der Waals surface area contributed by atoms with Crippen LogP contribution in [0.2, 0.25) is 0 Å². The van der Waals surface area contributed by atoms with Gasteiger partial charge in [0.25, 0.3) is 0 Å². The number of unbranched alkanes of at least 4 members (excludes halogenated alkanes) is 7. The molecule has 6 nitrogen and oxygen atoms in total. The van der Waals surface area contributed by atoms with Crippen molar-refractivity contribution in [1.29, 1.82) is 0 Å². The molecule has 1 saturated heterocycles. The van der Waals surface area contributed by atoms with E-state index in [1.165, 1.54) is 32.1 Å². The molecular formula is C20H40N2O4. The maximum absolute atomic E-state index is 12.0. The molecule has 1 aliphatic rings. The maximum atomic E-state index is 12.0. The van der Waals surface area contributed by atoms with Crippen molar-refractivity contribution in [1.82, 2.24) is 4.90 Å². The first-order valence-corrected chi connectivity index (χ1v) is 10.5. The summed E-state index contributed by atoms with van der Waals surface area (Å²) in [5.41, 5.74) is 5.62. The third-order valence-corrected chi connectivity index (χ3v) is 5.76. The third-order valence-electron chi connectivity index (χ3n) is 5.76.